The molecule has 0 fully saturated rings. The van der Waals surface area contributed by atoms with Gasteiger partial charge in [0.2, 0.25) is 11.8 Å². The predicted molar refractivity (Wildman–Crippen MR) is 71.2 cm³/mol. The lowest BCUT2D eigenvalue weighted by atomic mass is 10.1. The van der Waals surface area contributed by atoms with Gasteiger partial charge in [-0.25, -0.2) is 0 Å². The van der Waals surface area contributed by atoms with Crippen LogP contribution >= 0.6 is 0 Å². The highest BCUT2D eigenvalue weighted by Gasteiger charge is 2.05. The first-order valence-corrected chi connectivity index (χ1v) is 5.74. The van der Waals surface area contributed by atoms with Crippen molar-refractivity contribution in [1.29, 1.82) is 0 Å². The van der Waals surface area contributed by atoms with Gasteiger partial charge in [0.05, 0.1) is 11.4 Å². The normalized spacial score (nSPS) is 9.83. The van der Waals surface area contributed by atoms with Gasteiger partial charge in [-0.2, -0.15) is 0 Å². The van der Waals surface area contributed by atoms with Crippen LogP contribution in [0.4, 0.5) is 11.4 Å². The zero-order chi connectivity index (χ0) is 13.5. The summed E-state index contributed by atoms with van der Waals surface area (Å²) in [4.78, 5) is 22.2. The molecule has 0 spiro atoms. The van der Waals surface area contributed by atoms with Crippen molar-refractivity contribution in [3.63, 3.8) is 0 Å². The Balaban J connectivity index is 2.53. The Labute approximate surface area is 106 Å². The Morgan fingerprint density at radius 3 is 2.61 bits per heavy atom. The third-order valence-electron chi connectivity index (χ3n) is 2.38. The molecule has 6 heteroatoms. The van der Waals surface area contributed by atoms with Crippen LogP contribution in [0.25, 0.3) is 0 Å². The molecule has 2 amide bonds. The fraction of sp³-hybridized carbons (Fsp3) is 0.333. The summed E-state index contributed by atoms with van der Waals surface area (Å²) >= 11 is 0. The summed E-state index contributed by atoms with van der Waals surface area (Å²) in [5, 5.41) is 5.73. The number of carbonyl (C=O) groups is 2. The van der Waals surface area contributed by atoms with Crippen molar-refractivity contribution in [1.82, 2.24) is 5.32 Å². The van der Waals surface area contributed by atoms with E-state index in [9.17, 15) is 9.59 Å². The minimum atomic E-state index is -0.518. The molecule has 0 saturated carbocycles. The van der Waals surface area contributed by atoms with Crippen molar-refractivity contribution >= 4 is 23.2 Å². The second-order valence-corrected chi connectivity index (χ2v) is 3.80. The van der Waals surface area contributed by atoms with Crippen LogP contribution in [0.3, 0.4) is 0 Å². The number of carbonyl (C=O) groups excluding carboxylic acids is 2. The third kappa shape index (κ3) is 3.97. The van der Waals surface area contributed by atoms with Crippen LogP contribution in [-0.2, 0) is 4.79 Å². The highest BCUT2D eigenvalue weighted by atomic mass is 16.1. The Morgan fingerprint density at radius 1 is 1.33 bits per heavy atom. The Morgan fingerprint density at radius 2 is 2.06 bits per heavy atom. The van der Waals surface area contributed by atoms with Gasteiger partial charge in [-0.1, -0.05) is 0 Å². The number of nitrogens with one attached hydrogen (secondary N) is 2. The van der Waals surface area contributed by atoms with Gasteiger partial charge in [0.25, 0.3) is 0 Å². The molecule has 18 heavy (non-hydrogen) atoms. The number of benzene rings is 1. The number of rotatable bonds is 6. The fourth-order valence-electron chi connectivity index (χ4n) is 1.47. The van der Waals surface area contributed by atoms with Crippen LogP contribution < -0.4 is 22.1 Å². The molecule has 6 N–H and O–H groups in total. The second kappa shape index (κ2) is 6.48. The Bertz CT molecular complexity index is 446. The molecular formula is C12H18N4O2. The molecule has 0 aromatic heterocycles. The molecule has 0 aliphatic heterocycles. The lowest BCUT2D eigenvalue weighted by molar-refractivity contribution is -0.120. The van der Waals surface area contributed by atoms with Gasteiger partial charge >= 0.3 is 0 Å². The molecule has 1 aromatic rings. The van der Waals surface area contributed by atoms with E-state index in [1.807, 2.05) is 6.92 Å². The zero-order valence-corrected chi connectivity index (χ0v) is 10.3. The maximum atomic E-state index is 11.2. The highest BCUT2D eigenvalue weighted by molar-refractivity contribution is 5.94. The van der Waals surface area contributed by atoms with E-state index in [-0.39, 0.29) is 5.91 Å². The minimum absolute atomic E-state index is 0.0164. The first-order chi connectivity index (χ1) is 8.54. The molecular weight excluding hydrogens is 232 g/mol. The van der Waals surface area contributed by atoms with E-state index in [0.29, 0.717) is 36.4 Å². The number of amides is 2. The highest BCUT2D eigenvalue weighted by Crippen LogP contribution is 2.19. The van der Waals surface area contributed by atoms with Crippen LogP contribution in [0, 0.1) is 0 Å². The van der Waals surface area contributed by atoms with Crippen molar-refractivity contribution in [3.8, 4) is 0 Å². The van der Waals surface area contributed by atoms with Crippen molar-refractivity contribution in [2.24, 2.45) is 5.73 Å². The molecule has 0 aliphatic carbocycles. The molecule has 0 heterocycles. The largest absolute Gasteiger partial charge is 0.397 e. The summed E-state index contributed by atoms with van der Waals surface area (Å²) in [5.74, 6) is -0.534. The quantitative estimate of drug-likeness (QED) is 0.544. The number of hydrogen-bond donors (Lipinski definition) is 4. The lowest BCUT2D eigenvalue weighted by Crippen LogP contribution is -2.24. The average molecular weight is 250 g/mol. The molecule has 0 saturated heterocycles. The first-order valence-electron chi connectivity index (χ1n) is 5.74. The SMILES string of the molecule is CCNC(=O)CCNc1ccc(C(N)=O)cc1N. The van der Waals surface area contributed by atoms with Crippen LogP contribution in [0.2, 0.25) is 0 Å². The molecule has 0 bridgehead atoms. The fourth-order valence-corrected chi connectivity index (χ4v) is 1.47. The summed E-state index contributed by atoms with van der Waals surface area (Å²) in [6, 6.07) is 4.77. The molecule has 98 valence electrons. The van der Waals surface area contributed by atoms with Gasteiger partial charge in [-0.05, 0) is 25.1 Å². The molecule has 0 atom stereocenters. The summed E-state index contributed by atoms with van der Waals surface area (Å²) in [6.07, 6.45) is 0.366. The van der Waals surface area contributed by atoms with E-state index in [1.165, 1.54) is 6.07 Å². The molecule has 1 rings (SSSR count). The van der Waals surface area contributed by atoms with Crippen LogP contribution in [0.15, 0.2) is 18.2 Å². The van der Waals surface area contributed by atoms with E-state index in [1.54, 1.807) is 12.1 Å². The maximum Gasteiger partial charge on any atom is 0.248 e. The molecule has 0 aliphatic rings. The summed E-state index contributed by atoms with van der Waals surface area (Å²) < 4.78 is 0. The van der Waals surface area contributed by atoms with Crippen molar-refractivity contribution in [3.05, 3.63) is 23.8 Å². The number of anilines is 2. The standard InChI is InChI=1S/C12H18N4O2/c1-2-15-11(17)5-6-16-10-4-3-8(12(14)18)7-9(10)13/h3-4,7,16H,2,5-6,13H2,1H3,(H2,14,18)(H,15,17). The van der Waals surface area contributed by atoms with Gasteiger partial charge in [0.1, 0.15) is 0 Å². The van der Waals surface area contributed by atoms with Gasteiger partial charge in [-0.15, -0.1) is 0 Å². The van der Waals surface area contributed by atoms with Crippen LogP contribution in [0.1, 0.15) is 23.7 Å². The van der Waals surface area contributed by atoms with Gasteiger partial charge < -0.3 is 22.1 Å². The van der Waals surface area contributed by atoms with E-state index < -0.39 is 5.91 Å². The van der Waals surface area contributed by atoms with Gasteiger partial charge in [0, 0.05) is 25.1 Å². The summed E-state index contributed by atoms with van der Waals surface area (Å²) in [7, 11) is 0. The van der Waals surface area contributed by atoms with Crippen LogP contribution in [0.5, 0.6) is 0 Å². The zero-order valence-electron chi connectivity index (χ0n) is 10.3. The van der Waals surface area contributed by atoms with Crippen LogP contribution in [-0.4, -0.2) is 24.9 Å². The number of nitrogens with two attached hydrogens (primary N) is 2. The Kier molecular flexibility index (Phi) is 4.98. The molecule has 0 radical (unpaired) electrons. The first kappa shape index (κ1) is 13.8. The lowest BCUT2D eigenvalue weighted by Gasteiger charge is -2.10. The van der Waals surface area contributed by atoms with E-state index in [0.717, 1.165) is 0 Å². The molecule has 0 unspecified atom stereocenters. The summed E-state index contributed by atoms with van der Waals surface area (Å²) in [5.41, 5.74) is 12.4. The molecule has 6 nitrogen and oxygen atoms in total. The van der Waals surface area contributed by atoms with Crippen molar-refractivity contribution in [2.75, 3.05) is 24.1 Å². The third-order valence-corrected chi connectivity index (χ3v) is 2.38. The van der Waals surface area contributed by atoms with Gasteiger partial charge in [0.15, 0.2) is 0 Å². The van der Waals surface area contributed by atoms with Crippen molar-refractivity contribution < 1.29 is 9.59 Å². The van der Waals surface area contributed by atoms with E-state index in [2.05, 4.69) is 10.6 Å². The van der Waals surface area contributed by atoms with E-state index in [4.69, 9.17) is 11.5 Å². The smallest absolute Gasteiger partial charge is 0.248 e. The average Bonchev–Trinajstić information content (AvgIpc) is 2.31. The van der Waals surface area contributed by atoms with Crippen molar-refractivity contribution in [2.45, 2.75) is 13.3 Å². The number of hydrogen-bond acceptors (Lipinski definition) is 4. The van der Waals surface area contributed by atoms with Gasteiger partial charge in [-0.3, -0.25) is 9.59 Å². The topological polar surface area (TPSA) is 110 Å². The number of primary amides is 1. The monoisotopic (exact) mass is 250 g/mol. The summed E-state index contributed by atoms with van der Waals surface area (Å²) in [6.45, 7) is 2.96. The Hall–Kier alpha value is -2.24. The minimum Gasteiger partial charge on any atom is -0.397 e. The maximum absolute atomic E-state index is 11.2. The van der Waals surface area contributed by atoms with E-state index >= 15 is 0 Å². The number of nitrogen functional groups attached to an aromatic ring is 1. The second-order valence-electron chi connectivity index (χ2n) is 3.80. The molecule has 1 aromatic carbocycles. The predicted octanol–water partition coefficient (Wildman–Crippen LogP) is 0.306.